The average molecular weight is 229 g/mol. The van der Waals surface area contributed by atoms with Crippen LogP contribution in [0.25, 0.3) is 0 Å². The number of nitrogens with one attached hydrogen (secondary N) is 1. The van der Waals surface area contributed by atoms with Crippen molar-refractivity contribution < 1.29 is 9.90 Å². The molecule has 0 aliphatic rings. The lowest BCUT2D eigenvalue weighted by Crippen LogP contribution is -2.47. The molecule has 0 aromatic carbocycles. The van der Waals surface area contributed by atoms with Crippen LogP contribution < -0.4 is 11.1 Å². The summed E-state index contributed by atoms with van der Waals surface area (Å²) < 4.78 is 0. The van der Waals surface area contributed by atoms with Crippen LogP contribution in [0.2, 0.25) is 0 Å². The number of aliphatic carboxylic acids is 1. The van der Waals surface area contributed by atoms with Crippen molar-refractivity contribution in [1.29, 1.82) is 0 Å². The number of hydrogen-bond acceptors (Lipinski definition) is 5. The van der Waals surface area contributed by atoms with Crippen LogP contribution in [0, 0.1) is 0 Å². The predicted octanol–water partition coefficient (Wildman–Crippen LogP) is 0.380. The summed E-state index contributed by atoms with van der Waals surface area (Å²) in [4.78, 5) is 14.7. The van der Waals surface area contributed by atoms with E-state index in [2.05, 4.69) is 10.3 Å². The van der Waals surface area contributed by atoms with Gasteiger partial charge in [0.1, 0.15) is 11.0 Å². The van der Waals surface area contributed by atoms with Gasteiger partial charge in [0.2, 0.25) is 0 Å². The molecule has 15 heavy (non-hydrogen) atoms. The molecule has 1 aromatic rings. The van der Waals surface area contributed by atoms with E-state index < -0.39 is 12.0 Å². The minimum atomic E-state index is -1.00. The van der Waals surface area contributed by atoms with Crippen LogP contribution in [0.4, 0.5) is 0 Å². The molecule has 5 nitrogen and oxygen atoms in total. The number of carbonyl (C=O) groups is 1. The topological polar surface area (TPSA) is 88.2 Å². The lowest BCUT2D eigenvalue weighted by Gasteiger charge is -2.24. The molecule has 4 N–H and O–H groups in total. The summed E-state index contributed by atoms with van der Waals surface area (Å²) in [6.07, 6.45) is 1.72. The fraction of sp³-hybridized carbons (Fsp3) is 0.556. The second-order valence-electron chi connectivity index (χ2n) is 3.79. The van der Waals surface area contributed by atoms with Gasteiger partial charge in [0.25, 0.3) is 0 Å². The van der Waals surface area contributed by atoms with Gasteiger partial charge < -0.3 is 16.2 Å². The van der Waals surface area contributed by atoms with Gasteiger partial charge in [-0.15, -0.1) is 11.3 Å². The van der Waals surface area contributed by atoms with Gasteiger partial charge in [0.05, 0.1) is 5.54 Å². The Labute approximate surface area is 92.3 Å². The van der Waals surface area contributed by atoms with Crippen molar-refractivity contribution in [3.63, 3.8) is 0 Å². The first-order valence-electron chi connectivity index (χ1n) is 4.57. The summed E-state index contributed by atoms with van der Waals surface area (Å²) in [6, 6.07) is -0.885. The maximum absolute atomic E-state index is 10.5. The third kappa shape index (κ3) is 3.26. The van der Waals surface area contributed by atoms with Crippen LogP contribution in [0.5, 0.6) is 0 Å². The first kappa shape index (κ1) is 12.1. The molecule has 1 atom stereocenters. The second kappa shape index (κ2) is 4.69. The second-order valence-corrected chi connectivity index (χ2v) is 4.68. The molecular weight excluding hydrogens is 214 g/mol. The highest BCUT2D eigenvalue weighted by Gasteiger charge is 2.24. The molecule has 6 heteroatoms. The quantitative estimate of drug-likeness (QED) is 0.679. The van der Waals surface area contributed by atoms with Crippen molar-refractivity contribution in [3.05, 3.63) is 16.6 Å². The summed E-state index contributed by atoms with van der Waals surface area (Å²) in [5, 5.41) is 14.5. The van der Waals surface area contributed by atoms with E-state index in [1.165, 1.54) is 11.3 Å². The van der Waals surface area contributed by atoms with Crippen LogP contribution >= 0.6 is 11.3 Å². The molecule has 0 saturated heterocycles. The van der Waals surface area contributed by atoms with Crippen LogP contribution in [0.3, 0.4) is 0 Å². The van der Waals surface area contributed by atoms with Gasteiger partial charge in [-0.25, -0.2) is 4.98 Å². The van der Waals surface area contributed by atoms with Crippen LogP contribution in [-0.2, 0) is 10.3 Å². The lowest BCUT2D eigenvalue weighted by atomic mass is 10.1. The Morgan fingerprint density at radius 3 is 2.93 bits per heavy atom. The van der Waals surface area contributed by atoms with Gasteiger partial charge in [-0.2, -0.15) is 0 Å². The fourth-order valence-corrected chi connectivity index (χ4v) is 1.80. The standard InChI is InChI=1S/C9H15N3O2S/c1-9(2,8-11-3-4-15-8)12-5-6(10)7(13)14/h3-4,6,12H,5,10H2,1-2H3,(H,13,14). The number of nitrogens with zero attached hydrogens (tertiary/aromatic N) is 1. The first-order valence-corrected chi connectivity index (χ1v) is 5.45. The summed E-state index contributed by atoms with van der Waals surface area (Å²) >= 11 is 1.53. The van der Waals surface area contributed by atoms with Crippen LogP contribution in [0.1, 0.15) is 18.9 Å². The molecule has 1 unspecified atom stereocenters. The number of hydrogen-bond donors (Lipinski definition) is 3. The highest BCUT2D eigenvalue weighted by Crippen LogP contribution is 2.21. The minimum absolute atomic E-state index is 0.224. The Hall–Kier alpha value is -0.980. The van der Waals surface area contributed by atoms with Crippen molar-refractivity contribution >= 4 is 17.3 Å². The molecule has 0 aliphatic carbocycles. The Morgan fingerprint density at radius 1 is 1.80 bits per heavy atom. The number of rotatable bonds is 5. The van der Waals surface area contributed by atoms with Crippen molar-refractivity contribution in [2.24, 2.45) is 5.73 Å². The van der Waals surface area contributed by atoms with Crippen molar-refractivity contribution in [3.8, 4) is 0 Å². The third-order valence-electron chi connectivity index (χ3n) is 2.05. The van der Waals surface area contributed by atoms with E-state index in [9.17, 15) is 4.79 Å². The van der Waals surface area contributed by atoms with E-state index in [1.807, 2.05) is 19.2 Å². The van der Waals surface area contributed by atoms with Gasteiger partial charge in [-0.05, 0) is 13.8 Å². The van der Waals surface area contributed by atoms with Crippen molar-refractivity contribution in [2.75, 3.05) is 6.54 Å². The highest BCUT2D eigenvalue weighted by molar-refractivity contribution is 7.09. The zero-order valence-electron chi connectivity index (χ0n) is 8.73. The normalized spacial score (nSPS) is 13.8. The summed E-state index contributed by atoms with van der Waals surface area (Å²) in [7, 11) is 0. The van der Waals surface area contributed by atoms with Crippen molar-refractivity contribution in [2.45, 2.75) is 25.4 Å². The maximum Gasteiger partial charge on any atom is 0.321 e. The molecule has 0 radical (unpaired) electrons. The lowest BCUT2D eigenvalue weighted by molar-refractivity contribution is -0.138. The summed E-state index contributed by atoms with van der Waals surface area (Å²) in [5.74, 6) is -1.00. The SMILES string of the molecule is CC(C)(NCC(N)C(=O)O)c1nccs1. The van der Waals surface area contributed by atoms with Gasteiger partial charge >= 0.3 is 5.97 Å². The molecule has 1 heterocycles. The molecule has 0 fully saturated rings. The highest BCUT2D eigenvalue weighted by atomic mass is 32.1. The number of aromatic nitrogens is 1. The molecule has 0 bridgehead atoms. The molecule has 0 aliphatic heterocycles. The number of carboxylic acids is 1. The van der Waals surface area contributed by atoms with E-state index in [0.717, 1.165) is 5.01 Å². The third-order valence-corrected chi connectivity index (χ3v) is 3.14. The monoisotopic (exact) mass is 229 g/mol. The summed E-state index contributed by atoms with van der Waals surface area (Å²) in [6.45, 7) is 4.11. The molecule has 0 amide bonds. The minimum Gasteiger partial charge on any atom is -0.480 e. The smallest absolute Gasteiger partial charge is 0.321 e. The number of thiazole rings is 1. The molecule has 0 saturated carbocycles. The summed E-state index contributed by atoms with van der Waals surface area (Å²) in [5.41, 5.74) is 5.05. The van der Waals surface area contributed by atoms with E-state index in [1.54, 1.807) is 6.20 Å². The zero-order valence-corrected chi connectivity index (χ0v) is 9.54. The zero-order chi connectivity index (χ0) is 11.5. The van der Waals surface area contributed by atoms with Gasteiger partial charge in [-0.3, -0.25) is 4.79 Å². The van der Waals surface area contributed by atoms with E-state index in [0.29, 0.717) is 0 Å². The molecular formula is C9H15N3O2S. The Bertz CT molecular complexity index is 324. The first-order chi connectivity index (χ1) is 6.93. The van der Waals surface area contributed by atoms with Crippen molar-refractivity contribution in [1.82, 2.24) is 10.3 Å². The van der Waals surface area contributed by atoms with E-state index in [-0.39, 0.29) is 12.1 Å². The Kier molecular flexibility index (Phi) is 3.78. The van der Waals surface area contributed by atoms with E-state index >= 15 is 0 Å². The molecule has 1 aromatic heterocycles. The predicted molar refractivity (Wildman–Crippen MR) is 58.8 cm³/mol. The van der Waals surface area contributed by atoms with Gasteiger partial charge in [0, 0.05) is 18.1 Å². The largest absolute Gasteiger partial charge is 0.480 e. The average Bonchev–Trinajstić information content (AvgIpc) is 2.67. The number of carboxylic acid groups (broad SMARTS) is 1. The van der Waals surface area contributed by atoms with Gasteiger partial charge in [0.15, 0.2) is 0 Å². The van der Waals surface area contributed by atoms with E-state index in [4.69, 9.17) is 10.8 Å². The van der Waals surface area contributed by atoms with Crippen LogP contribution in [-0.4, -0.2) is 28.6 Å². The molecule has 84 valence electrons. The maximum atomic E-state index is 10.5. The Balaban J connectivity index is 2.54. The number of nitrogens with two attached hydrogens (primary N) is 1. The molecule has 0 spiro atoms. The van der Waals surface area contributed by atoms with Gasteiger partial charge in [-0.1, -0.05) is 0 Å². The Morgan fingerprint density at radius 2 is 2.47 bits per heavy atom. The molecule has 1 rings (SSSR count). The fourth-order valence-electron chi connectivity index (χ4n) is 1.06. The van der Waals surface area contributed by atoms with Crippen LogP contribution in [0.15, 0.2) is 11.6 Å².